The SMILES string of the molecule is CC1C(c2ccccc2)=CC(c2ccccc2)=NC1c1ccc2c(c1)[P@@](c1ccccc1)c1ccccc1C21c2ccccc2-n2c3ccccc3c3cccc1c32. The second kappa shape index (κ2) is 13.0. The molecule has 4 heterocycles. The molecule has 8 aromatic carbocycles. The van der Waals surface area contributed by atoms with E-state index in [1.807, 2.05) is 0 Å². The van der Waals surface area contributed by atoms with Gasteiger partial charge in [-0.25, -0.2) is 0 Å². The summed E-state index contributed by atoms with van der Waals surface area (Å²) in [6, 6.07) is 74.7. The number of hydrogen-bond acceptors (Lipinski definition) is 1. The third kappa shape index (κ3) is 4.67. The van der Waals surface area contributed by atoms with Gasteiger partial charge in [0.05, 0.1) is 33.9 Å². The van der Waals surface area contributed by atoms with E-state index in [9.17, 15) is 0 Å². The Morgan fingerprint density at radius 2 is 1.14 bits per heavy atom. The van der Waals surface area contributed by atoms with Crippen molar-refractivity contribution in [1.82, 2.24) is 4.57 Å². The monoisotopic (exact) mass is 758 g/mol. The maximum absolute atomic E-state index is 5.64. The number of rotatable bonds is 4. The predicted molar refractivity (Wildman–Crippen MR) is 244 cm³/mol. The number of hydrogen-bond donors (Lipinski definition) is 0. The summed E-state index contributed by atoms with van der Waals surface area (Å²) in [4.78, 5) is 5.64. The zero-order valence-electron chi connectivity index (χ0n) is 32.1. The lowest BCUT2D eigenvalue weighted by Gasteiger charge is -2.48. The molecular weight excluding hydrogens is 720 g/mol. The number of allylic oxidation sites excluding steroid dienone is 1. The maximum atomic E-state index is 5.64. The Morgan fingerprint density at radius 3 is 1.95 bits per heavy atom. The van der Waals surface area contributed by atoms with Gasteiger partial charge >= 0.3 is 0 Å². The number of dihydropyridines is 1. The van der Waals surface area contributed by atoms with E-state index in [4.69, 9.17) is 4.99 Å². The van der Waals surface area contributed by atoms with Crippen LogP contribution in [0.5, 0.6) is 0 Å². The Kier molecular flexibility index (Phi) is 7.50. The van der Waals surface area contributed by atoms with Crippen molar-refractivity contribution in [3.63, 3.8) is 0 Å². The molecule has 274 valence electrons. The minimum absolute atomic E-state index is 0.0638. The van der Waals surface area contributed by atoms with Crippen molar-refractivity contribution in [2.75, 3.05) is 0 Å². The number of benzene rings is 8. The lowest BCUT2D eigenvalue weighted by molar-refractivity contribution is 0.579. The van der Waals surface area contributed by atoms with Crippen molar-refractivity contribution in [3.8, 4) is 5.69 Å². The van der Waals surface area contributed by atoms with Crippen LogP contribution >= 0.6 is 7.92 Å². The fourth-order valence-corrected chi connectivity index (χ4v) is 13.3. The minimum Gasteiger partial charge on any atom is -0.309 e. The van der Waals surface area contributed by atoms with Crippen LogP contribution in [0.25, 0.3) is 33.1 Å². The van der Waals surface area contributed by atoms with Gasteiger partial charge in [0, 0.05) is 16.7 Å². The standard InChI is InChI=1S/C55H39N2P/c1-36-43(37-18-5-2-6-19-37)35-48(38-20-7-3-8-21-38)56-53(36)39-32-33-46-52(34-39)58(40-22-9-4-10-23-40)51-31-16-13-27-45(51)55(46)44-26-12-15-30-50(44)57-49-29-14-11-24-41(49)42-25-17-28-47(55)54(42)57/h2-36,53H,1H3/t36?,53?,55?,58-/m0/s1. The zero-order chi connectivity index (χ0) is 38.4. The van der Waals surface area contributed by atoms with Crippen LogP contribution in [0.15, 0.2) is 211 Å². The highest BCUT2D eigenvalue weighted by atomic mass is 31.1. The summed E-state index contributed by atoms with van der Waals surface area (Å²) >= 11 is 0. The molecule has 1 aromatic heterocycles. The Morgan fingerprint density at radius 1 is 0.517 bits per heavy atom. The van der Waals surface area contributed by atoms with E-state index in [0.29, 0.717) is 0 Å². The molecule has 0 bridgehead atoms. The first-order valence-electron chi connectivity index (χ1n) is 20.3. The van der Waals surface area contributed by atoms with E-state index in [1.54, 1.807) is 0 Å². The molecule has 3 aliphatic rings. The Bertz CT molecular complexity index is 3140. The van der Waals surface area contributed by atoms with E-state index in [2.05, 4.69) is 218 Å². The summed E-state index contributed by atoms with van der Waals surface area (Å²) in [6.45, 7) is 2.36. The molecule has 0 fully saturated rings. The number of aromatic nitrogens is 1. The molecule has 4 atom stereocenters. The molecule has 3 aliphatic heterocycles. The number of fused-ring (bicyclic) bond motifs is 11. The van der Waals surface area contributed by atoms with Crippen molar-refractivity contribution in [1.29, 1.82) is 0 Å². The minimum atomic E-state index is -0.916. The third-order valence-electron chi connectivity index (χ3n) is 12.9. The van der Waals surface area contributed by atoms with Crippen LogP contribution in [0, 0.1) is 5.92 Å². The molecule has 0 N–H and O–H groups in total. The van der Waals surface area contributed by atoms with Crippen LogP contribution in [0.4, 0.5) is 0 Å². The van der Waals surface area contributed by atoms with Crippen LogP contribution < -0.4 is 15.9 Å². The molecule has 0 radical (unpaired) electrons. The summed E-state index contributed by atoms with van der Waals surface area (Å²) in [5.41, 5.74) is 14.7. The second-order valence-electron chi connectivity index (χ2n) is 15.9. The van der Waals surface area contributed by atoms with Gasteiger partial charge in [-0.1, -0.05) is 189 Å². The lowest BCUT2D eigenvalue weighted by Crippen LogP contribution is -2.47. The average molecular weight is 759 g/mol. The quantitative estimate of drug-likeness (QED) is 0.159. The third-order valence-corrected chi connectivity index (χ3v) is 15.5. The highest BCUT2D eigenvalue weighted by Gasteiger charge is 2.51. The van der Waals surface area contributed by atoms with E-state index >= 15 is 0 Å². The predicted octanol–water partition coefficient (Wildman–Crippen LogP) is 11.8. The first-order valence-corrected chi connectivity index (χ1v) is 21.7. The summed E-state index contributed by atoms with van der Waals surface area (Å²) in [7, 11) is -0.916. The first kappa shape index (κ1) is 33.5. The van der Waals surface area contributed by atoms with Gasteiger partial charge < -0.3 is 4.57 Å². The van der Waals surface area contributed by atoms with E-state index in [0.717, 1.165) is 11.3 Å². The largest absolute Gasteiger partial charge is 0.309 e. The molecule has 0 saturated carbocycles. The van der Waals surface area contributed by atoms with Crippen LogP contribution in [-0.4, -0.2) is 10.3 Å². The smallest absolute Gasteiger partial charge is 0.0822 e. The average Bonchev–Trinajstić information content (AvgIpc) is 3.64. The van der Waals surface area contributed by atoms with Crippen LogP contribution in [0.2, 0.25) is 0 Å². The normalized spacial score (nSPS) is 20.3. The number of para-hydroxylation sites is 3. The fourth-order valence-electron chi connectivity index (χ4n) is 10.5. The van der Waals surface area contributed by atoms with E-state index < -0.39 is 13.3 Å². The van der Waals surface area contributed by atoms with Gasteiger partial charge in [0.25, 0.3) is 0 Å². The molecule has 1 spiro atoms. The van der Waals surface area contributed by atoms with Crippen molar-refractivity contribution in [2.24, 2.45) is 10.9 Å². The first-order chi connectivity index (χ1) is 28.7. The topological polar surface area (TPSA) is 17.3 Å². The second-order valence-corrected chi connectivity index (χ2v) is 18.0. The molecule has 3 heteroatoms. The van der Waals surface area contributed by atoms with Crippen molar-refractivity contribution in [2.45, 2.75) is 18.4 Å². The van der Waals surface area contributed by atoms with Crippen molar-refractivity contribution in [3.05, 3.63) is 245 Å². The molecule has 9 aromatic rings. The van der Waals surface area contributed by atoms with Gasteiger partial charge in [0.15, 0.2) is 0 Å². The maximum Gasteiger partial charge on any atom is 0.0822 e. The highest BCUT2D eigenvalue weighted by Crippen LogP contribution is 2.58. The Hall–Kier alpha value is -6.60. The summed E-state index contributed by atoms with van der Waals surface area (Å²) in [5.74, 6) is 0.167. The van der Waals surface area contributed by atoms with Gasteiger partial charge in [0.2, 0.25) is 0 Å². The van der Waals surface area contributed by atoms with Gasteiger partial charge in [-0.2, -0.15) is 0 Å². The van der Waals surface area contributed by atoms with Crippen LogP contribution in [0.1, 0.15) is 51.9 Å². The molecule has 58 heavy (non-hydrogen) atoms. The van der Waals surface area contributed by atoms with Crippen LogP contribution in [0.3, 0.4) is 0 Å². The molecule has 3 unspecified atom stereocenters. The van der Waals surface area contributed by atoms with Gasteiger partial charge in [-0.3, -0.25) is 4.99 Å². The Balaban J connectivity index is 1.17. The summed E-state index contributed by atoms with van der Waals surface area (Å²) in [6.07, 6.45) is 2.32. The summed E-state index contributed by atoms with van der Waals surface area (Å²) in [5, 5.41) is 6.78. The highest BCUT2D eigenvalue weighted by molar-refractivity contribution is 7.80. The molecule has 2 nitrogen and oxygen atoms in total. The molecule has 12 rings (SSSR count). The van der Waals surface area contributed by atoms with Crippen LogP contribution in [-0.2, 0) is 5.41 Å². The lowest BCUT2D eigenvalue weighted by atomic mass is 9.62. The van der Waals surface area contributed by atoms with Gasteiger partial charge in [-0.15, -0.1) is 0 Å². The molecular formula is C55H39N2P. The molecule has 0 amide bonds. The summed E-state index contributed by atoms with van der Waals surface area (Å²) < 4.78 is 2.53. The molecule has 0 saturated heterocycles. The van der Waals surface area contributed by atoms with Crippen molar-refractivity contribution < 1.29 is 0 Å². The van der Waals surface area contributed by atoms with E-state index in [1.165, 1.54) is 82.4 Å². The zero-order valence-corrected chi connectivity index (χ0v) is 33.0. The van der Waals surface area contributed by atoms with Gasteiger partial charge in [-0.05, 0) is 92.6 Å². The van der Waals surface area contributed by atoms with Gasteiger partial charge in [0.1, 0.15) is 0 Å². The molecule has 0 aliphatic carbocycles. The number of nitrogens with zero attached hydrogens (tertiary/aromatic N) is 2. The van der Waals surface area contributed by atoms with E-state index in [-0.39, 0.29) is 12.0 Å². The Labute approximate surface area is 340 Å². The fraction of sp³-hybridized carbons (Fsp3) is 0.0727. The number of aliphatic imine (C=N–C) groups is 1. The van der Waals surface area contributed by atoms with Crippen molar-refractivity contribution >= 4 is 56.9 Å².